The first-order valence-corrected chi connectivity index (χ1v) is 13.9. The minimum atomic E-state index is -4.10. The Balaban J connectivity index is 1.78. The van der Waals surface area contributed by atoms with Gasteiger partial charge in [0.1, 0.15) is 34.4 Å². The number of sulfonamides is 1. The summed E-state index contributed by atoms with van der Waals surface area (Å²) in [6.07, 6.45) is 4.24. The zero-order chi connectivity index (χ0) is 27.4. The maximum Gasteiger partial charge on any atom is 0.243 e. The van der Waals surface area contributed by atoms with E-state index in [0.29, 0.717) is 28.0 Å². The number of nitrogens with one attached hydrogen (secondary N) is 1. The normalized spacial score (nSPS) is 19.2. The zero-order valence-corrected chi connectivity index (χ0v) is 23.4. The van der Waals surface area contributed by atoms with Crippen LogP contribution in [0.5, 0.6) is 11.5 Å². The predicted molar refractivity (Wildman–Crippen MR) is 141 cm³/mol. The molecule has 0 saturated heterocycles. The number of hydrogen-bond acceptors (Lipinski definition) is 10. The molecule has 4 rings (SSSR count). The Morgan fingerprint density at radius 1 is 1.05 bits per heavy atom. The largest absolute Gasteiger partial charge is 0.494 e. The maximum absolute atomic E-state index is 13.6. The highest BCUT2D eigenvalue weighted by molar-refractivity contribution is 7.93. The number of benzene rings is 1. The van der Waals surface area contributed by atoms with Gasteiger partial charge in [0, 0.05) is 32.5 Å². The van der Waals surface area contributed by atoms with Crippen LogP contribution in [0.3, 0.4) is 0 Å². The number of nitrogens with zero attached hydrogens (tertiary/aromatic N) is 5. The average Bonchev–Trinajstić information content (AvgIpc) is 3.56. The van der Waals surface area contributed by atoms with Crippen molar-refractivity contribution in [2.45, 2.75) is 49.6 Å². The summed E-state index contributed by atoms with van der Waals surface area (Å²) < 4.78 is 53.8. The van der Waals surface area contributed by atoms with Crippen LogP contribution in [0.1, 0.15) is 49.9 Å². The molecule has 1 aromatic carbocycles. The number of methoxy groups -OCH3 is 4. The Bertz CT molecular complexity index is 1330. The predicted octanol–water partition coefficient (Wildman–Crippen LogP) is 3.53. The average molecular weight is 567 g/mol. The van der Waals surface area contributed by atoms with Crippen LogP contribution >= 0.6 is 11.6 Å². The molecule has 1 fully saturated rings. The van der Waals surface area contributed by atoms with Gasteiger partial charge in [0.15, 0.2) is 5.82 Å². The fraction of sp³-hybridized carbons (Fsp3) is 0.500. The summed E-state index contributed by atoms with van der Waals surface area (Å²) in [5.41, 5.74) is 0.480. The van der Waals surface area contributed by atoms with E-state index >= 15 is 0 Å². The molecule has 3 aromatic rings. The number of halogens is 1. The molecule has 0 amide bonds. The lowest BCUT2D eigenvalue weighted by molar-refractivity contribution is 0.0950. The maximum atomic E-state index is 13.6. The van der Waals surface area contributed by atoms with Gasteiger partial charge in [0.25, 0.3) is 0 Å². The van der Waals surface area contributed by atoms with Crippen molar-refractivity contribution in [2.75, 3.05) is 33.2 Å². The van der Waals surface area contributed by atoms with Crippen LogP contribution in [0.4, 0.5) is 5.95 Å². The molecule has 0 aliphatic heterocycles. The van der Waals surface area contributed by atoms with Gasteiger partial charge in [0.05, 0.1) is 25.3 Å². The lowest BCUT2D eigenvalue weighted by Gasteiger charge is -2.23. The van der Waals surface area contributed by atoms with Crippen LogP contribution in [-0.4, -0.2) is 72.9 Å². The molecule has 0 radical (unpaired) electrons. The number of anilines is 1. The van der Waals surface area contributed by atoms with Crippen molar-refractivity contribution in [1.29, 1.82) is 0 Å². The molecule has 38 heavy (non-hydrogen) atoms. The number of rotatable bonds is 11. The van der Waals surface area contributed by atoms with Gasteiger partial charge in [-0.05, 0) is 38.3 Å². The third-order valence-electron chi connectivity index (χ3n) is 6.69. The Kier molecular flexibility index (Phi) is 8.71. The van der Waals surface area contributed by atoms with Crippen molar-refractivity contribution >= 4 is 27.6 Å². The van der Waals surface area contributed by atoms with Gasteiger partial charge >= 0.3 is 0 Å². The molecule has 1 N–H and O–H groups in total. The highest BCUT2D eigenvalue weighted by Crippen LogP contribution is 2.41. The van der Waals surface area contributed by atoms with E-state index in [1.807, 2.05) is 0 Å². The first kappa shape index (κ1) is 28.0. The molecule has 14 heteroatoms. The minimum Gasteiger partial charge on any atom is -0.494 e. The summed E-state index contributed by atoms with van der Waals surface area (Å²) in [7, 11) is 2.03. The van der Waals surface area contributed by atoms with Crippen molar-refractivity contribution in [2.24, 2.45) is 0 Å². The van der Waals surface area contributed by atoms with Gasteiger partial charge in [-0.1, -0.05) is 17.7 Å². The molecule has 2 heterocycles. The molecule has 0 bridgehead atoms. The number of para-hydroxylation sites is 1. The summed E-state index contributed by atoms with van der Waals surface area (Å²) in [5, 5.41) is 7.90. The molecule has 1 aliphatic rings. The number of aromatic nitrogens is 5. The second kappa shape index (κ2) is 11.8. The highest BCUT2D eigenvalue weighted by Gasteiger charge is 2.37. The van der Waals surface area contributed by atoms with Crippen molar-refractivity contribution in [1.82, 2.24) is 24.7 Å². The molecule has 4 atom stereocenters. The van der Waals surface area contributed by atoms with Gasteiger partial charge in [0.2, 0.25) is 16.0 Å². The summed E-state index contributed by atoms with van der Waals surface area (Å²) in [5.74, 6) is 1.64. The second-order valence-electron chi connectivity index (χ2n) is 8.86. The van der Waals surface area contributed by atoms with E-state index in [9.17, 15) is 8.42 Å². The first-order valence-electron chi connectivity index (χ1n) is 11.9. The van der Waals surface area contributed by atoms with Crippen molar-refractivity contribution in [3.8, 4) is 17.2 Å². The molecule has 2 aromatic heterocycles. The lowest BCUT2D eigenvalue weighted by atomic mass is 10.1. The Morgan fingerprint density at radius 3 is 2.26 bits per heavy atom. The third-order valence-corrected chi connectivity index (χ3v) is 8.58. The molecule has 1 saturated carbocycles. The monoisotopic (exact) mass is 566 g/mol. The van der Waals surface area contributed by atoms with E-state index in [0.717, 1.165) is 19.3 Å². The SMILES string of the molecule is COc1cccc(OC)c1-n1c(NS(=O)(=O)C(C)C(OC)c2ncc(Cl)cn2)nnc1[C@H]1CC[C@@H](OC)C1. The minimum absolute atomic E-state index is 0.0117. The van der Waals surface area contributed by atoms with Gasteiger partial charge in [-0.2, -0.15) is 0 Å². The van der Waals surface area contributed by atoms with E-state index in [2.05, 4.69) is 24.9 Å². The molecular formula is C24H31ClN6O6S. The highest BCUT2D eigenvalue weighted by atomic mass is 35.5. The fourth-order valence-electron chi connectivity index (χ4n) is 4.65. The number of hydrogen-bond donors (Lipinski definition) is 1. The summed E-state index contributed by atoms with van der Waals surface area (Å²) in [4.78, 5) is 8.27. The molecule has 12 nitrogen and oxygen atoms in total. The van der Waals surface area contributed by atoms with E-state index in [1.54, 1.807) is 29.9 Å². The van der Waals surface area contributed by atoms with E-state index in [-0.39, 0.29) is 23.8 Å². The van der Waals surface area contributed by atoms with Crippen LogP contribution in [0.25, 0.3) is 5.69 Å². The van der Waals surface area contributed by atoms with E-state index in [1.165, 1.54) is 40.6 Å². The molecule has 206 valence electrons. The molecule has 0 spiro atoms. The molecular weight excluding hydrogens is 536 g/mol. The van der Waals surface area contributed by atoms with Crippen molar-refractivity contribution in [3.05, 3.63) is 47.3 Å². The molecule has 2 unspecified atom stereocenters. The standard InChI is InChI=1S/C24H31ClN6O6S/c1-14(21(37-5)22-26-12-16(25)13-27-22)38(32,33)30-24-29-28-23(15-9-10-17(11-15)34-2)31(24)20-18(35-3)7-6-8-19(20)36-4/h6-8,12-15,17,21H,9-11H2,1-5H3,(H,29,30)/t14?,15-,17+,21?/m0/s1. The third kappa shape index (κ3) is 5.55. The summed E-state index contributed by atoms with van der Waals surface area (Å²) in [6.45, 7) is 1.50. The topological polar surface area (TPSA) is 140 Å². The van der Waals surface area contributed by atoms with Gasteiger partial charge in [-0.25, -0.2) is 18.4 Å². The quantitative estimate of drug-likeness (QED) is 0.366. The first-order chi connectivity index (χ1) is 18.2. The van der Waals surface area contributed by atoms with Gasteiger partial charge < -0.3 is 18.9 Å². The lowest BCUT2D eigenvalue weighted by Crippen LogP contribution is -2.33. The molecule has 1 aliphatic carbocycles. The van der Waals surface area contributed by atoms with E-state index < -0.39 is 21.4 Å². The van der Waals surface area contributed by atoms with Crippen LogP contribution in [-0.2, 0) is 19.5 Å². The van der Waals surface area contributed by atoms with E-state index in [4.69, 9.17) is 30.5 Å². The van der Waals surface area contributed by atoms with Gasteiger partial charge in [-0.15, -0.1) is 10.2 Å². The van der Waals surface area contributed by atoms with Crippen LogP contribution in [0, 0.1) is 0 Å². The second-order valence-corrected chi connectivity index (χ2v) is 11.3. The zero-order valence-electron chi connectivity index (χ0n) is 21.8. The smallest absolute Gasteiger partial charge is 0.243 e. The van der Waals surface area contributed by atoms with Crippen LogP contribution < -0.4 is 14.2 Å². The number of ether oxygens (including phenoxy) is 4. The Hall–Kier alpha value is -3.00. The van der Waals surface area contributed by atoms with Crippen LogP contribution in [0.2, 0.25) is 5.02 Å². The summed E-state index contributed by atoms with van der Waals surface area (Å²) in [6, 6.07) is 5.30. The summed E-state index contributed by atoms with van der Waals surface area (Å²) >= 11 is 5.89. The Morgan fingerprint density at radius 2 is 1.71 bits per heavy atom. The fourth-order valence-corrected chi connectivity index (χ4v) is 5.88. The van der Waals surface area contributed by atoms with Crippen LogP contribution in [0.15, 0.2) is 30.6 Å². The van der Waals surface area contributed by atoms with Crippen molar-refractivity contribution < 1.29 is 27.4 Å². The van der Waals surface area contributed by atoms with Crippen molar-refractivity contribution in [3.63, 3.8) is 0 Å². The Labute approximate surface area is 226 Å². The van der Waals surface area contributed by atoms with Gasteiger partial charge in [-0.3, -0.25) is 9.29 Å².